The van der Waals surface area contributed by atoms with Crippen molar-refractivity contribution in [3.63, 3.8) is 0 Å². The first kappa shape index (κ1) is 12.7. The first-order valence-electron chi connectivity index (χ1n) is 4.76. The summed E-state index contributed by atoms with van der Waals surface area (Å²) in [4.78, 5) is 22.3. The molecular weight excluding hydrogens is 274 g/mol. The van der Waals surface area contributed by atoms with Gasteiger partial charge in [-0.3, -0.25) is 10.1 Å². The average Bonchev–Trinajstić information content (AvgIpc) is 2.17. The molecule has 0 atom stereocenters. The lowest BCUT2D eigenvalue weighted by atomic mass is 10.2. The lowest BCUT2D eigenvalue weighted by Gasteiger charge is -2.05. The van der Waals surface area contributed by atoms with Gasteiger partial charge in [0, 0.05) is 11.8 Å². The third kappa shape index (κ3) is 4.44. The molecule has 4 nitrogen and oxygen atoms in total. The zero-order chi connectivity index (χ0) is 12.0. The van der Waals surface area contributed by atoms with Gasteiger partial charge in [-0.2, -0.15) is 0 Å². The SMILES string of the molecule is Cc1cccc(OC(=O)NC(=O)CCBr)c1. The van der Waals surface area contributed by atoms with Crippen LogP contribution in [0.1, 0.15) is 12.0 Å². The average molecular weight is 286 g/mol. The van der Waals surface area contributed by atoms with E-state index < -0.39 is 6.09 Å². The van der Waals surface area contributed by atoms with E-state index in [-0.39, 0.29) is 12.3 Å². The van der Waals surface area contributed by atoms with Crippen molar-refractivity contribution in [2.75, 3.05) is 5.33 Å². The molecule has 1 aromatic carbocycles. The maximum atomic E-state index is 11.2. The zero-order valence-corrected chi connectivity index (χ0v) is 10.4. The van der Waals surface area contributed by atoms with Crippen molar-refractivity contribution in [3.8, 4) is 5.75 Å². The Morgan fingerprint density at radius 1 is 1.44 bits per heavy atom. The van der Waals surface area contributed by atoms with Gasteiger partial charge in [0.25, 0.3) is 0 Å². The third-order valence-corrected chi connectivity index (χ3v) is 2.16. The predicted molar refractivity (Wildman–Crippen MR) is 63.8 cm³/mol. The second-order valence-corrected chi connectivity index (χ2v) is 3.99. The molecule has 0 heterocycles. The topological polar surface area (TPSA) is 55.4 Å². The number of imide groups is 1. The predicted octanol–water partition coefficient (Wildman–Crippen LogP) is 2.40. The highest BCUT2D eigenvalue weighted by atomic mass is 79.9. The van der Waals surface area contributed by atoms with Gasteiger partial charge in [-0.25, -0.2) is 4.79 Å². The molecule has 2 amide bonds. The Balaban J connectivity index is 2.48. The van der Waals surface area contributed by atoms with Gasteiger partial charge in [0.2, 0.25) is 5.91 Å². The van der Waals surface area contributed by atoms with Crippen molar-refractivity contribution >= 4 is 27.9 Å². The Kier molecular flexibility index (Phi) is 4.98. The number of alkyl halides is 1. The van der Waals surface area contributed by atoms with Gasteiger partial charge in [0.1, 0.15) is 5.75 Å². The van der Waals surface area contributed by atoms with E-state index in [1.165, 1.54) is 0 Å². The summed E-state index contributed by atoms with van der Waals surface area (Å²) in [5.41, 5.74) is 0.983. The molecule has 86 valence electrons. The zero-order valence-electron chi connectivity index (χ0n) is 8.83. The Labute approximate surface area is 102 Å². The standard InChI is InChI=1S/C11H12BrNO3/c1-8-3-2-4-9(7-8)16-11(15)13-10(14)5-6-12/h2-4,7H,5-6H2,1H3,(H,13,14,15). The number of rotatable bonds is 3. The quantitative estimate of drug-likeness (QED) is 0.868. The molecule has 0 unspecified atom stereocenters. The van der Waals surface area contributed by atoms with E-state index in [2.05, 4.69) is 21.2 Å². The number of hydrogen-bond acceptors (Lipinski definition) is 3. The second-order valence-electron chi connectivity index (χ2n) is 3.19. The number of hydrogen-bond donors (Lipinski definition) is 1. The Bertz CT molecular complexity index is 393. The van der Waals surface area contributed by atoms with Crippen LogP contribution in [0.3, 0.4) is 0 Å². The molecule has 0 saturated heterocycles. The second kappa shape index (κ2) is 6.27. The Hall–Kier alpha value is -1.36. The van der Waals surface area contributed by atoms with Gasteiger partial charge < -0.3 is 4.74 Å². The maximum absolute atomic E-state index is 11.2. The number of nitrogens with one attached hydrogen (secondary N) is 1. The summed E-state index contributed by atoms with van der Waals surface area (Å²) in [6.45, 7) is 1.89. The van der Waals surface area contributed by atoms with Crippen LogP contribution in [-0.4, -0.2) is 17.3 Å². The van der Waals surface area contributed by atoms with Crippen molar-refractivity contribution in [2.24, 2.45) is 0 Å². The van der Waals surface area contributed by atoms with Gasteiger partial charge >= 0.3 is 6.09 Å². The summed E-state index contributed by atoms with van der Waals surface area (Å²) in [5.74, 6) is 0.0543. The molecule has 0 bridgehead atoms. The Morgan fingerprint density at radius 3 is 2.81 bits per heavy atom. The van der Waals surface area contributed by atoms with Gasteiger partial charge in [-0.1, -0.05) is 28.1 Å². The monoisotopic (exact) mass is 285 g/mol. The summed E-state index contributed by atoms with van der Waals surface area (Å²) >= 11 is 3.10. The summed E-state index contributed by atoms with van der Waals surface area (Å²) < 4.78 is 4.93. The minimum atomic E-state index is -0.753. The fourth-order valence-electron chi connectivity index (χ4n) is 1.07. The van der Waals surface area contributed by atoms with Crippen LogP contribution in [0.5, 0.6) is 5.75 Å². The molecule has 16 heavy (non-hydrogen) atoms. The van der Waals surface area contributed by atoms with Crippen molar-refractivity contribution < 1.29 is 14.3 Å². The number of aryl methyl sites for hydroxylation is 1. The number of ether oxygens (including phenoxy) is 1. The largest absolute Gasteiger partial charge is 0.419 e. The van der Waals surface area contributed by atoms with Crippen molar-refractivity contribution in [1.82, 2.24) is 5.32 Å². The third-order valence-electron chi connectivity index (χ3n) is 1.76. The highest BCUT2D eigenvalue weighted by Crippen LogP contribution is 2.12. The van der Waals surface area contributed by atoms with Gasteiger partial charge in [0.05, 0.1) is 0 Å². The molecule has 0 aliphatic rings. The van der Waals surface area contributed by atoms with E-state index >= 15 is 0 Å². The van der Waals surface area contributed by atoms with E-state index in [0.29, 0.717) is 11.1 Å². The van der Waals surface area contributed by atoms with Crippen LogP contribution in [0.25, 0.3) is 0 Å². The van der Waals surface area contributed by atoms with Crippen LogP contribution >= 0.6 is 15.9 Å². The first-order valence-corrected chi connectivity index (χ1v) is 5.88. The molecule has 0 saturated carbocycles. The molecule has 0 aromatic heterocycles. The van der Waals surface area contributed by atoms with Crippen molar-refractivity contribution in [3.05, 3.63) is 29.8 Å². The summed E-state index contributed by atoms with van der Waals surface area (Å²) in [5, 5.41) is 2.63. The molecular formula is C11H12BrNO3. The molecule has 0 radical (unpaired) electrons. The van der Waals surface area contributed by atoms with Gasteiger partial charge in [0.15, 0.2) is 0 Å². The van der Waals surface area contributed by atoms with Crippen LogP contribution in [0, 0.1) is 6.92 Å². The number of halogens is 1. The fraction of sp³-hybridized carbons (Fsp3) is 0.273. The molecule has 0 spiro atoms. The summed E-state index contributed by atoms with van der Waals surface area (Å²) in [6.07, 6.45) is -0.514. The van der Waals surface area contributed by atoms with E-state index in [9.17, 15) is 9.59 Å². The van der Waals surface area contributed by atoms with E-state index in [1.54, 1.807) is 18.2 Å². The molecule has 0 aliphatic heterocycles. The smallest absolute Gasteiger partial charge is 0.410 e. The number of benzene rings is 1. The molecule has 0 fully saturated rings. The van der Waals surface area contributed by atoms with E-state index in [0.717, 1.165) is 5.56 Å². The van der Waals surface area contributed by atoms with Crippen LogP contribution in [0.15, 0.2) is 24.3 Å². The molecule has 5 heteroatoms. The maximum Gasteiger partial charge on any atom is 0.419 e. The molecule has 1 aromatic rings. The summed E-state index contributed by atoms with van der Waals surface area (Å²) in [6, 6.07) is 7.04. The van der Waals surface area contributed by atoms with Gasteiger partial charge in [-0.05, 0) is 24.6 Å². The molecule has 1 N–H and O–H groups in total. The lowest BCUT2D eigenvalue weighted by Crippen LogP contribution is -2.32. The van der Waals surface area contributed by atoms with Gasteiger partial charge in [-0.15, -0.1) is 0 Å². The van der Waals surface area contributed by atoms with E-state index in [1.807, 2.05) is 13.0 Å². The van der Waals surface area contributed by atoms with E-state index in [4.69, 9.17) is 4.74 Å². The number of amides is 2. The minimum absolute atomic E-state index is 0.239. The first-order chi connectivity index (χ1) is 7.61. The van der Waals surface area contributed by atoms with Crippen molar-refractivity contribution in [2.45, 2.75) is 13.3 Å². The van der Waals surface area contributed by atoms with Crippen LogP contribution in [0.4, 0.5) is 4.79 Å². The Morgan fingerprint density at radius 2 is 2.19 bits per heavy atom. The fourth-order valence-corrected chi connectivity index (χ4v) is 1.43. The molecule has 0 aliphatic carbocycles. The van der Waals surface area contributed by atoms with Crippen LogP contribution in [0.2, 0.25) is 0 Å². The van der Waals surface area contributed by atoms with Crippen LogP contribution in [-0.2, 0) is 4.79 Å². The highest BCUT2D eigenvalue weighted by Gasteiger charge is 2.08. The molecule has 1 rings (SSSR count). The van der Waals surface area contributed by atoms with Crippen molar-refractivity contribution in [1.29, 1.82) is 0 Å². The van der Waals surface area contributed by atoms with Crippen LogP contribution < -0.4 is 10.1 Å². The lowest BCUT2D eigenvalue weighted by molar-refractivity contribution is -0.119. The normalized spacial score (nSPS) is 9.62. The highest BCUT2D eigenvalue weighted by molar-refractivity contribution is 9.09. The summed E-state index contributed by atoms with van der Waals surface area (Å²) in [7, 11) is 0. The number of carbonyl (C=O) groups is 2. The number of carbonyl (C=O) groups excluding carboxylic acids is 2. The minimum Gasteiger partial charge on any atom is -0.410 e.